The van der Waals surface area contributed by atoms with E-state index in [0.29, 0.717) is 0 Å². The highest BCUT2D eigenvalue weighted by atomic mass is 35.5. The Balaban J connectivity index is 3.45. The molecule has 0 fully saturated rings. The van der Waals surface area contributed by atoms with Crippen molar-refractivity contribution in [1.82, 2.24) is 0 Å². The molecule has 0 radical (unpaired) electrons. The van der Waals surface area contributed by atoms with Crippen LogP contribution in [0.4, 0.5) is 0 Å². The van der Waals surface area contributed by atoms with Gasteiger partial charge in [-0.05, 0) is 0 Å². The average molecular weight is 298 g/mol. The van der Waals surface area contributed by atoms with Crippen molar-refractivity contribution in [3.05, 3.63) is 21.0 Å². The number of hydrogen-bond donors (Lipinski definition) is 1. The maximum Gasteiger partial charge on any atom is 0.354 e. The highest BCUT2D eigenvalue weighted by Crippen LogP contribution is 2.34. The summed E-state index contributed by atoms with van der Waals surface area (Å²) in [5, 5.41) is 9.08. The van der Waals surface area contributed by atoms with E-state index in [-0.39, 0.29) is 0 Å². The van der Waals surface area contributed by atoms with Crippen LogP contribution in [0.3, 0.4) is 0 Å². The number of nitrogens with two attached hydrogens (primary N) is 1. The lowest BCUT2D eigenvalue weighted by Crippen LogP contribution is -2.62. The van der Waals surface area contributed by atoms with Gasteiger partial charge in [0.25, 0.3) is 0 Å². The third-order valence-electron chi connectivity index (χ3n) is 2.30. The molecule has 0 aliphatic carbocycles. The Labute approximate surface area is 111 Å². The van der Waals surface area contributed by atoms with E-state index in [1.165, 1.54) is 0 Å². The SMILES string of the molecule is COC(=O)C1=NC(Cl)=C(OC)C(N)([N+](=O)[O-])C1Cl. The first kappa shape index (κ1) is 14.7. The zero-order valence-electron chi connectivity index (χ0n) is 9.35. The molecule has 8 nitrogen and oxygen atoms in total. The lowest BCUT2D eigenvalue weighted by atomic mass is 9.98. The average Bonchev–Trinajstić information content (AvgIpc) is 2.33. The first-order valence-electron chi connectivity index (χ1n) is 4.49. The van der Waals surface area contributed by atoms with Gasteiger partial charge in [0.05, 0.1) is 19.1 Å². The molecule has 1 aliphatic heterocycles. The van der Waals surface area contributed by atoms with Gasteiger partial charge in [0.2, 0.25) is 5.76 Å². The van der Waals surface area contributed by atoms with Crippen molar-refractivity contribution in [2.24, 2.45) is 10.7 Å². The molecule has 10 heteroatoms. The van der Waals surface area contributed by atoms with Crippen molar-refractivity contribution in [3.8, 4) is 0 Å². The number of carbonyl (C=O) groups excluding carboxylic acids is 1. The second-order valence-corrected chi connectivity index (χ2v) is 4.05. The van der Waals surface area contributed by atoms with Crippen LogP contribution in [-0.4, -0.2) is 41.9 Å². The highest BCUT2D eigenvalue weighted by molar-refractivity contribution is 6.51. The Morgan fingerprint density at radius 2 is 2.17 bits per heavy atom. The van der Waals surface area contributed by atoms with Gasteiger partial charge < -0.3 is 9.47 Å². The van der Waals surface area contributed by atoms with E-state index >= 15 is 0 Å². The van der Waals surface area contributed by atoms with Crippen LogP contribution < -0.4 is 5.73 Å². The van der Waals surface area contributed by atoms with Gasteiger partial charge in [0, 0.05) is 0 Å². The number of nitrogens with zero attached hydrogens (tertiary/aromatic N) is 2. The fraction of sp³-hybridized carbons (Fsp3) is 0.500. The van der Waals surface area contributed by atoms with Crippen molar-refractivity contribution < 1.29 is 19.2 Å². The van der Waals surface area contributed by atoms with Gasteiger partial charge in [0.1, 0.15) is 0 Å². The lowest BCUT2D eigenvalue weighted by molar-refractivity contribution is -0.559. The second kappa shape index (κ2) is 5.09. The number of hydrogen-bond acceptors (Lipinski definition) is 7. The minimum Gasteiger partial charge on any atom is -0.490 e. The van der Waals surface area contributed by atoms with Crippen LogP contribution in [0.1, 0.15) is 0 Å². The molecule has 100 valence electrons. The summed E-state index contributed by atoms with van der Waals surface area (Å²) in [7, 11) is 2.20. The molecule has 1 aliphatic rings. The van der Waals surface area contributed by atoms with Gasteiger partial charge in [-0.15, -0.1) is 11.6 Å². The van der Waals surface area contributed by atoms with E-state index in [2.05, 4.69) is 9.73 Å². The number of carbonyl (C=O) groups is 1. The van der Waals surface area contributed by atoms with Crippen LogP contribution in [-0.2, 0) is 14.3 Å². The molecule has 0 aromatic rings. The number of nitro groups is 1. The molecule has 0 saturated carbocycles. The number of ether oxygens (including phenoxy) is 2. The van der Waals surface area contributed by atoms with E-state index in [0.717, 1.165) is 14.2 Å². The van der Waals surface area contributed by atoms with Gasteiger partial charge in [-0.25, -0.2) is 9.79 Å². The summed E-state index contributed by atoms with van der Waals surface area (Å²) in [6.45, 7) is 0. The van der Waals surface area contributed by atoms with Gasteiger partial charge in [-0.2, -0.15) is 0 Å². The summed E-state index contributed by atoms with van der Waals surface area (Å²) in [5.41, 5.74) is 2.74. The third kappa shape index (κ3) is 2.02. The van der Waals surface area contributed by atoms with Crippen LogP contribution in [0, 0.1) is 10.1 Å². The summed E-state index contributed by atoms with van der Waals surface area (Å²) in [4.78, 5) is 25.2. The lowest BCUT2D eigenvalue weighted by Gasteiger charge is -2.29. The Morgan fingerprint density at radius 3 is 2.56 bits per heavy atom. The molecule has 0 saturated heterocycles. The topological polar surface area (TPSA) is 117 Å². The van der Waals surface area contributed by atoms with Crippen molar-refractivity contribution in [2.75, 3.05) is 14.2 Å². The maximum absolute atomic E-state index is 11.4. The molecule has 2 atom stereocenters. The summed E-state index contributed by atoms with van der Waals surface area (Å²) < 4.78 is 9.15. The number of methoxy groups -OCH3 is 2. The zero-order valence-corrected chi connectivity index (χ0v) is 10.9. The van der Waals surface area contributed by atoms with Gasteiger partial charge >= 0.3 is 11.6 Å². The van der Waals surface area contributed by atoms with Crippen molar-refractivity contribution in [1.29, 1.82) is 0 Å². The fourth-order valence-corrected chi connectivity index (χ4v) is 2.02. The third-order valence-corrected chi connectivity index (χ3v) is 3.09. The molecule has 0 spiro atoms. The summed E-state index contributed by atoms with van der Waals surface area (Å²) in [5.74, 6) is -1.39. The van der Waals surface area contributed by atoms with Crippen molar-refractivity contribution >= 4 is 34.9 Å². The van der Waals surface area contributed by atoms with Crippen LogP contribution in [0.25, 0.3) is 0 Å². The van der Waals surface area contributed by atoms with Crippen LogP contribution in [0.2, 0.25) is 0 Å². The van der Waals surface area contributed by atoms with Crippen molar-refractivity contribution in [2.45, 2.75) is 11.0 Å². The molecule has 0 amide bonds. The second-order valence-electron chi connectivity index (χ2n) is 3.26. The van der Waals surface area contributed by atoms with E-state index in [4.69, 9.17) is 33.7 Å². The zero-order chi connectivity index (χ0) is 14.1. The normalized spacial score (nSPS) is 27.6. The minimum atomic E-state index is -2.39. The monoisotopic (exact) mass is 297 g/mol. The molecule has 0 bridgehead atoms. The van der Waals surface area contributed by atoms with Gasteiger partial charge in [-0.1, -0.05) is 11.6 Å². The van der Waals surface area contributed by atoms with Gasteiger partial charge in [0.15, 0.2) is 16.2 Å². The predicted octanol–water partition coefficient (Wildman–Crippen LogP) is 0.207. The Hall–Kier alpha value is -1.38. The Morgan fingerprint density at radius 1 is 1.61 bits per heavy atom. The Bertz CT molecular complexity index is 464. The van der Waals surface area contributed by atoms with E-state index < -0.39 is 38.6 Å². The molecule has 2 unspecified atom stereocenters. The number of aliphatic imine (C=N–C) groups is 1. The predicted molar refractivity (Wildman–Crippen MR) is 62.9 cm³/mol. The van der Waals surface area contributed by atoms with Crippen LogP contribution >= 0.6 is 23.2 Å². The smallest absolute Gasteiger partial charge is 0.354 e. The number of rotatable bonds is 3. The molecule has 0 aromatic heterocycles. The molecule has 1 heterocycles. The molecule has 18 heavy (non-hydrogen) atoms. The minimum absolute atomic E-state index is 0.422. The molecular formula is C8H9Cl2N3O5. The maximum atomic E-state index is 11.4. The standard InChI is InChI=1S/C8H9Cl2N3O5/c1-17-5-6(10)12-3(7(14)18-2)4(9)8(5,11)13(15)16/h4H,11H2,1-2H3. The molecular weight excluding hydrogens is 289 g/mol. The van der Waals surface area contributed by atoms with E-state index in [1.54, 1.807) is 0 Å². The fourth-order valence-electron chi connectivity index (χ4n) is 1.38. The first-order chi connectivity index (χ1) is 8.30. The van der Waals surface area contributed by atoms with Gasteiger partial charge in [-0.3, -0.25) is 15.8 Å². The van der Waals surface area contributed by atoms with Crippen LogP contribution in [0.5, 0.6) is 0 Å². The molecule has 2 N–H and O–H groups in total. The Kier molecular flexibility index (Phi) is 4.15. The van der Waals surface area contributed by atoms with Crippen LogP contribution in [0.15, 0.2) is 15.9 Å². The summed E-state index contributed by atoms with van der Waals surface area (Å²) >= 11 is 11.5. The largest absolute Gasteiger partial charge is 0.490 e. The van der Waals surface area contributed by atoms with E-state index in [9.17, 15) is 14.9 Å². The van der Waals surface area contributed by atoms with Crippen molar-refractivity contribution in [3.63, 3.8) is 0 Å². The quantitative estimate of drug-likeness (QED) is 0.199. The highest BCUT2D eigenvalue weighted by Gasteiger charge is 2.59. The summed E-state index contributed by atoms with van der Waals surface area (Å²) in [6, 6.07) is 0. The summed E-state index contributed by atoms with van der Waals surface area (Å²) in [6.07, 6.45) is 0. The van der Waals surface area contributed by atoms with E-state index in [1.807, 2.05) is 0 Å². The number of alkyl halides is 1. The first-order valence-corrected chi connectivity index (χ1v) is 5.30. The molecule has 0 aromatic carbocycles. The molecule has 1 rings (SSSR count). The number of esters is 1. The number of halogens is 2.